The number of hydrogen-bond donors (Lipinski definition) is 0. The Hall–Kier alpha value is -3.16. The molecular weight excluding hydrogens is 324 g/mol. The molecule has 8 nitrogen and oxygen atoms in total. The number of rotatable bonds is 6. The average Bonchev–Trinajstić information content (AvgIpc) is 3.06. The number of benzene rings is 1. The van der Waals surface area contributed by atoms with Crippen molar-refractivity contribution in [2.24, 2.45) is 14.1 Å². The van der Waals surface area contributed by atoms with Gasteiger partial charge >= 0.3 is 5.69 Å². The van der Waals surface area contributed by atoms with E-state index >= 15 is 0 Å². The van der Waals surface area contributed by atoms with Gasteiger partial charge < -0.3 is 9.30 Å². The van der Waals surface area contributed by atoms with Gasteiger partial charge in [-0.2, -0.15) is 0 Å². The first-order valence-corrected chi connectivity index (χ1v) is 7.82. The summed E-state index contributed by atoms with van der Waals surface area (Å²) in [7, 11) is 3.04. The molecule has 0 amide bonds. The summed E-state index contributed by atoms with van der Waals surface area (Å²) >= 11 is 0. The van der Waals surface area contributed by atoms with E-state index in [1.807, 2.05) is 0 Å². The number of nitrogens with zero attached hydrogens (tertiary/aromatic N) is 4. The van der Waals surface area contributed by atoms with E-state index in [4.69, 9.17) is 4.74 Å². The molecule has 25 heavy (non-hydrogen) atoms. The third-order valence-electron chi connectivity index (χ3n) is 4.05. The molecule has 0 aliphatic rings. The normalized spacial score (nSPS) is 11.0. The lowest BCUT2D eigenvalue weighted by molar-refractivity contribution is 0.112. The number of aryl methyl sites for hydroxylation is 2. The molecule has 0 radical (unpaired) electrons. The van der Waals surface area contributed by atoms with Gasteiger partial charge in [0.1, 0.15) is 12.0 Å². The van der Waals surface area contributed by atoms with Crippen LogP contribution in [0.2, 0.25) is 0 Å². The predicted molar refractivity (Wildman–Crippen MR) is 92.2 cm³/mol. The summed E-state index contributed by atoms with van der Waals surface area (Å²) in [6, 6.07) is 6.86. The van der Waals surface area contributed by atoms with Gasteiger partial charge in [0.05, 0.1) is 12.9 Å². The highest BCUT2D eigenvalue weighted by Crippen LogP contribution is 2.12. The number of carbonyl (C=O) groups excluding carboxylic acids is 1. The van der Waals surface area contributed by atoms with E-state index < -0.39 is 5.69 Å². The molecule has 0 bridgehead atoms. The summed E-state index contributed by atoms with van der Waals surface area (Å²) in [5, 5.41) is 0. The van der Waals surface area contributed by atoms with E-state index in [1.54, 1.807) is 42.2 Å². The Kier molecular flexibility index (Phi) is 4.51. The summed E-state index contributed by atoms with van der Waals surface area (Å²) in [6.07, 6.45) is 3.00. The van der Waals surface area contributed by atoms with Crippen molar-refractivity contribution in [1.29, 1.82) is 0 Å². The van der Waals surface area contributed by atoms with Gasteiger partial charge in [0, 0.05) is 26.2 Å². The van der Waals surface area contributed by atoms with Crippen molar-refractivity contribution < 1.29 is 9.53 Å². The molecule has 3 aromatic rings. The van der Waals surface area contributed by atoms with Crippen LogP contribution in [0.1, 0.15) is 16.8 Å². The van der Waals surface area contributed by atoms with Crippen LogP contribution in [-0.2, 0) is 20.6 Å². The predicted octanol–water partition coefficient (Wildman–Crippen LogP) is 0.715. The largest absolute Gasteiger partial charge is 0.494 e. The van der Waals surface area contributed by atoms with Crippen LogP contribution in [0.5, 0.6) is 5.75 Å². The minimum atomic E-state index is -0.398. The summed E-state index contributed by atoms with van der Waals surface area (Å²) in [6.45, 7) is 0.989. The van der Waals surface area contributed by atoms with Crippen LogP contribution >= 0.6 is 0 Å². The Bertz CT molecular complexity index is 1030. The number of fused-ring (bicyclic) bond motifs is 1. The zero-order chi connectivity index (χ0) is 18.0. The van der Waals surface area contributed by atoms with Crippen molar-refractivity contribution in [2.75, 3.05) is 6.61 Å². The van der Waals surface area contributed by atoms with Crippen molar-refractivity contribution in [3.8, 4) is 5.75 Å². The molecule has 0 atom stereocenters. The lowest BCUT2D eigenvalue weighted by Crippen LogP contribution is -2.37. The van der Waals surface area contributed by atoms with Gasteiger partial charge in [-0.3, -0.25) is 18.7 Å². The monoisotopic (exact) mass is 342 g/mol. The lowest BCUT2D eigenvalue weighted by atomic mass is 10.2. The van der Waals surface area contributed by atoms with E-state index in [0.29, 0.717) is 42.0 Å². The highest BCUT2D eigenvalue weighted by molar-refractivity contribution is 5.74. The molecule has 0 fully saturated rings. The van der Waals surface area contributed by atoms with Gasteiger partial charge in [0.2, 0.25) is 0 Å². The van der Waals surface area contributed by atoms with Crippen LogP contribution in [0, 0.1) is 0 Å². The SMILES string of the molecule is Cn1c(=O)c2c(ncn2CCCOc2ccc(C=O)cc2)n(C)c1=O. The molecule has 2 heterocycles. The first kappa shape index (κ1) is 16.7. The molecule has 0 saturated carbocycles. The fraction of sp³-hybridized carbons (Fsp3) is 0.294. The summed E-state index contributed by atoms with van der Waals surface area (Å²) < 4.78 is 9.79. The summed E-state index contributed by atoms with van der Waals surface area (Å²) in [4.78, 5) is 39.0. The average molecular weight is 342 g/mol. The standard InChI is InChI=1S/C17H18N4O4/c1-19-15-14(16(23)20(2)17(19)24)21(11-18-15)8-3-9-25-13-6-4-12(10-22)5-7-13/h4-7,10-11H,3,8-9H2,1-2H3. The minimum Gasteiger partial charge on any atom is -0.494 e. The summed E-state index contributed by atoms with van der Waals surface area (Å²) in [5.74, 6) is 0.680. The van der Waals surface area contributed by atoms with Crippen LogP contribution in [0.25, 0.3) is 11.2 Å². The van der Waals surface area contributed by atoms with Crippen molar-refractivity contribution in [1.82, 2.24) is 18.7 Å². The smallest absolute Gasteiger partial charge is 0.332 e. The van der Waals surface area contributed by atoms with Gasteiger partial charge in [-0.15, -0.1) is 0 Å². The third kappa shape index (κ3) is 3.10. The topological polar surface area (TPSA) is 88.1 Å². The second-order valence-corrected chi connectivity index (χ2v) is 5.70. The van der Waals surface area contributed by atoms with E-state index in [9.17, 15) is 14.4 Å². The molecule has 1 aromatic carbocycles. The van der Waals surface area contributed by atoms with Gasteiger partial charge in [-0.05, 0) is 30.7 Å². The summed E-state index contributed by atoms with van der Waals surface area (Å²) in [5.41, 5.74) is 0.614. The maximum Gasteiger partial charge on any atom is 0.332 e. The second kappa shape index (κ2) is 6.76. The maximum absolute atomic E-state index is 12.3. The molecule has 0 spiro atoms. The second-order valence-electron chi connectivity index (χ2n) is 5.70. The molecule has 0 saturated heterocycles. The first-order chi connectivity index (χ1) is 12.0. The number of aromatic nitrogens is 4. The van der Waals surface area contributed by atoms with Crippen LogP contribution in [0.15, 0.2) is 40.2 Å². The van der Waals surface area contributed by atoms with Gasteiger partial charge in [0.15, 0.2) is 11.2 Å². The van der Waals surface area contributed by atoms with Gasteiger partial charge in [-0.1, -0.05) is 0 Å². The molecule has 8 heteroatoms. The highest BCUT2D eigenvalue weighted by atomic mass is 16.5. The van der Waals surface area contributed by atoms with Crippen molar-refractivity contribution >= 4 is 17.5 Å². The Labute approximate surface area is 142 Å². The van der Waals surface area contributed by atoms with Crippen LogP contribution in [-0.4, -0.2) is 31.6 Å². The van der Waals surface area contributed by atoms with Crippen LogP contribution in [0.4, 0.5) is 0 Å². The maximum atomic E-state index is 12.3. The molecule has 0 aliphatic heterocycles. The fourth-order valence-corrected chi connectivity index (χ4v) is 2.63. The molecule has 0 unspecified atom stereocenters. The van der Waals surface area contributed by atoms with Gasteiger partial charge in [0.25, 0.3) is 5.56 Å². The molecular formula is C17H18N4O4. The van der Waals surface area contributed by atoms with E-state index in [-0.39, 0.29) is 5.56 Å². The zero-order valence-corrected chi connectivity index (χ0v) is 14.0. The van der Waals surface area contributed by atoms with E-state index in [2.05, 4.69) is 4.98 Å². The molecule has 0 aliphatic carbocycles. The number of imidazole rings is 1. The third-order valence-corrected chi connectivity index (χ3v) is 4.05. The van der Waals surface area contributed by atoms with Crippen molar-refractivity contribution in [2.45, 2.75) is 13.0 Å². The Morgan fingerprint density at radius 3 is 2.52 bits per heavy atom. The number of hydrogen-bond acceptors (Lipinski definition) is 5. The molecule has 2 aromatic heterocycles. The molecule has 130 valence electrons. The Morgan fingerprint density at radius 1 is 1.12 bits per heavy atom. The van der Waals surface area contributed by atoms with Crippen molar-refractivity contribution in [3.05, 3.63) is 57.0 Å². The zero-order valence-electron chi connectivity index (χ0n) is 14.0. The quantitative estimate of drug-likeness (QED) is 0.486. The molecule has 3 rings (SSSR count). The minimum absolute atomic E-state index is 0.360. The van der Waals surface area contributed by atoms with E-state index in [0.717, 1.165) is 10.9 Å². The fourth-order valence-electron chi connectivity index (χ4n) is 2.63. The Balaban J connectivity index is 1.70. The Morgan fingerprint density at radius 2 is 1.84 bits per heavy atom. The van der Waals surface area contributed by atoms with Crippen LogP contribution in [0.3, 0.4) is 0 Å². The number of carbonyl (C=O) groups is 1. The first-order valence-electron chi connectivity index (χ1n) is 7.82. The van der Waals surface area contributed by atoms with Gasteiger partial charge in [-0.25, -0.2) is 9.78 Å². The number of ether oxygens (including phenoxy) is 1. The van der Waals surface area contributed by atoms with E-state index in [1.165, 1.54) is 11.6 Å². The molecule has 0 N–H and O–H groups in total. The highest BCUT2D eigenvalue weighted by Gasteiger charge is 2.13. The van der Waals surface area contributed by atoms with Crippen LogP contribution < -0.4 is 16.0 Å². The number of aldehydes is 1. The lowest BCUT2D eigenvalue weighted by Gasteiger charge is -2.08. The van der Waals surface area contributed by atoms with Crippen molar-refractivity contribution in [3.63, 3.8) is 0 Å².